The van der Waals surface area contributed by atoms with Gasteiger partial charge in [-0.3, -0.25) is 0 Å². The average molecular weight is 232 g/mol. The lowest BCUT2D eigenvalue weighted by Gasteiger charge is -2.12. The van der Waals surface area contributed by atoms with E-state index in [-0.39, 0.29) is 0 Å². The third-order valence-corrected chi connectivity index (χ3v) is 2.49. The van der Waals surface area contributed by atoms with Crippen LogP contribution in [0.25, 0.3) is 0 Å². The van der Waals surface area contributed by atoms with Gasteiger partial charge in [0.25, 0.3) is 0 Å². The van der Waals surface area contributed by atoms with Crippen molar-refractivity contribution < 1.29 is 9.26 Å². The molecular weight excluding hydrogens is 216 g/mol. The van der Waals surface area contributed by atoms with Crippen LogP contribution in [0.2, 0.25) is 0 Å². The summed E-state index contributed by atoms with van der Waals surface area (Å²) in [5, 5.41) is 3.78. The predicted molar refractivity (Wildman–Crippen MR) is 65.8 cm³/mol. The van der Waals surface area contributed by atoms with Gasteiger partial charge in [0.2, 0.25) is 5.88 Å². The van der Waals surface area contributed by atoms with E-state index in [0.717, 1.165) is 5.75 Å². The minimum Gasteiger partial charge on any atom is -0.487 e. The highest BCUT2D eigenvalue weighted by Gasteiger charge is 2.08. The maximum Gasteiger partial charge on any atom is 0.222 e. The number of hydrogen-bond acceptors (Lipinski definition) is 4. The largest absolute Gasteiger partial charge is 0.487 e. The molecule has 1 aromatic carbocycles. The van der Waals surface area contributed by atoms with E-state index in [1.54, 1.807) is 6.07 Å². The molecule has 2 rings (SSSR count). The third kappa shape index (κ3) is 2.78. The standard InChI is InChI=1S/C13H16N2O2/c1-9(2)11-5-3-4-6-12(11)16-8-10-7-13(14)17-15-10/h3-7,9H,8,14H2,1-2H3. The number of hydrogen-bond donors (Lipinski definition) is 1. The zero-order valence-corrected chi connectivity index (χ0v) is 10.0. The molecule has 2 N–H and O–H groups in total. The smallest absolute Gasteiger partial charge is 0.222 e. The first kappa shape index (κ1) is 11.5. The Bertz CT molecular complexity index is 492. The van der Waals surface area contributed by atoms with Crippen molar-refractivity contribution in [3.8, 4) is 5.75 Å². The van der Waals surface area contributed by atoms with Crippen LogP contribution in [0.1, 0.15) is 31.0 Å². The first-order valence-electron chi connectivity index (χ1n) is 5.59. The van der Waals surface area contributed by atoms with Gasteiger partial charge in [0.15, 0.2) is 0 Å². The molecule has 0 unspecified atom stereocenters. The third-order valence-electron chi connectivity index (χ3n) is 2.49. The number of benzene rings is 1. The highest BCUT2D eigenvalue weighted by molar-refractivity contribution is 5.35. The second kappa shape index (κ2) is 4.91. The minimum atomic E-state index is 0.306. The zero-order valence-electron chi connectivity index (χ0n) is 10.0. The Morgan fingerprint density at radius 3 is 2.76 bits per heavy atom. The van der Waals surface area contributed by atoms with E-state index in [1.165, 1.54) is 5.56 Å². The average Bonchev–Trinajstić information content (AvgIpc) is 2.73. The van der Waals surface area contributed by atoms with Gasteiger partial charge >= 0.3 is 0 Å². The molecule has 0 aliphatic heterocycles. The van der Waals surface area contributed by atoms with Gasteiger partial charge in [-0.05, 0) is 17.5 Å². The van der Waals surface area contributed by atoms with Crippen molar-refractivity contribution in [2.45, 2.75) is 26.4 Å². The predicted octanol–water partition coefficient (Wildman–Crippen LogP) is 2.96. The summed E-state index contributed by atoms with van der Waals surface area (Å²) in [7, 11) is 0. The molecule has 0 aliphatic rings. The van der Waals surface area contributed by atoms with Crippen molar-refractivity contribution in [3.05, 3.63) is 41.6 Å². The lowest BCUT2D eigenvalue weighted by atomic mass is 10.0. The zero-order chi connectivity index (χ0) is 12.3. The van der Waals surface area contributed by atoms with Crippen molar-refractivity contribution in [2.24, 2.45) is 0 Å². The molecule has 1 aromatic heterocycles. The summed E-state index contributed by atoms with van der Waals surface area (Å²) in [4.78, 5) is 0. The number of nitrogens with two attached hydrogens (primary N) is 1. The molecule has 0 spiro atoms. The Hall–Kier alpha value is -1.97. The van der Waals surface area contributed by atoms with Gasteiger partial charge in [0.05, 0.1) is 0 Å². The molecule has 2 aromatic rings. The minimum absolute atomic E-state index is 0.306. The van der Waals surface area contributed by atoms with E-state index in [4.69, 9.17) is 15.0 Å². The number of anilines is 1. The Morgan fingerprint density at radius 2 is 2.12 bits per heavy atom. The van der Waals surface area contributed by atoms with Crippen molar-refractivity contribution in [2.75, 3.05) is 5.73 Å². The summed E-state index contributed by atoms with van der Waals surface area (Å²) < 4.78 is 10.5. The molecule has 17 heavy (non-hydrogen) atoms. The van der Waals surface area contributed by atoms with E-state index in [2.05, 4.69) is 25.1 Å². The van der Waals surface area contributed by atoms with Crippen LogP contribution >= 0.6 is 0 Å². The molecule has 0 amide bonds. The van der Waals surface area contributed by atoms with Crippen LogP contribution in [0, 0.1) is 0 Å². The molecule has 0 fully saturated rings. The van der Waals surface area contributed by atoms with Crippen LogP contribution < -0.4 is 10.5 Å². The fraction of sp³-hybridized carbons (Fsp3) is 0.308. The van der Waals surface area contributed by atoms with Gasteiger partial charge in [0, 0.05) is 6.07 Å². The molecule has 0 aliphatic carbocycles. The summed E-state index contributed by atoms with van der Waals surface area (Å²) in [5.41, 5.74) is 7.32. The van der Waals surface area contributed by atoms with Crippen molar-refractivity contribution >= 4 is 5.88 Å². The fourth-order valence-corrected chi connectivity index (χ4v) is 1.64. The van der Waals surface area contributed by atoms with E-state index < -0.39 is 0 Å². The summed E-state index contributed by atoms with van der Waals surface area (Å²) in [6.07, 6.45) is 0. The number of rotatable bonds is 4. The highest BCUT2D eigenvalue weighted by atomic mass is 16.5. The van der Waals surface area contributed by atoms with Crippen LogP contribution in [0.15, 0.2) is 34.9 Å². The highest BCUT2D eigenvalue weighted by Crippen LogP contribution is 2.26. The van der Waals surface area contributed by atoms with Crippen molar-refractivity contribution in [3.63, 3.8) is 0 Å². The normalized spacial score (nSPS) is 10.8. The molecule has 0 atom stereocenters. The summed E-state index contributed by atoms with van der Waals surface area (Å²) >= 11 is 0. The Balaban J connectivity index is 2.08. The van der Waals surface area contributed by atoms with E-state index in [0.29, 0.717) is 24.1 Å². The number of ether oxygens (including phenoxy) is 1. The molecule has 0 saturated heterocycles. The van der Waals surface area contributed by atoms with Crippen LogP contribution in [0.5, 0.6) is 5.75 Å². The first-order valence-corrected chi connectivity index (χ1v) is 5.59. The molecule has 90 valence electrons. The van der Waals surface area contributed by atoms with Crippen LogP contribution in [0.3, 0.4) is 0 Å². The number of nitrogens with zero attached hydrogens (tertiary/aromatic N) is 1. The maximum absolute atomic E-state index is 5.72. The van der Waals surface area contributed by atoms with Gasteiger partial charge < -0.3 is 15.0 Å². The monoisotopic (exact) mass is 232 g/mol. The molecule has 0 saturated carbocycles. The lowest BCUT2D eigenvalue weighted by molar-refractivity contribution is 0.286. The SMILES string of the molecule is CC(C)c1ccccc1OCc1cc(N)on1. The van der Waals surface area contributed by atoms with Crippen LogP contribution in [0.4, 0.5) is 5.88 Å². The topological polar surface area (TPSA) is 61.3 Å². The Labute approximate surface area is 100 Å². The summed E-state index contributed by atoms with van der Waals surface area (Å²) in [6, 6.07) is 9.66. The molecule has 4 nitrogen and oxygen atoms in total. The van der Waals surface area contributed by atoms with E-state index >= 15 is 0 Å². The van der Waals surface area contributed by atoms with Crippen LogP contribution in [-0.4, -0.2) is 5.16 Å². The first-order chi connectivity index (χ1) is 8.16. The summed E-state index contributed by atoms with van der Waals surface area (Å²) in [6.45, 7) is 4.64. The Morgan fingerprint density at radius 1 is 1.35 bits per heavy atom. The van der Waals surface area contributed by atoms with Gasteiger partial charge in [-0.15, -0.1) is 0 Å². The molecule has 4 heteroatoms. The number of aromatic nitrogens is 1. The maximum atomic E-state index is 5.72. The fourth-order valence-electron chi connectivity index (χ4n) is 1.64. The van der Waals surface area contributed by atoms with Crippen molar-refractivity contribution in [1.82, 2.24) is 5.16 Å². The van der Waals surface area contributed by atoms with Gasteiger partial charge in [-0.2, -0.15) is 0 Å². The number of nitrogen functional groups attached to an aromatic ring is 1. The molecule has 0 bridgehead atoms. The van der Waals surface area contributed by atoms with Gasteiger partial charge in [0.1, 0.15) is 18.1 Å². The quantitative estimate of drug-likeness (QED) is 0.880. The second-order valence-electron chi connectivity index (χ2n) is 4.20. The molecule has 1 heterocycles. The molecule has 0 radical (unpaired) electrons. The number of para-hydroxylation sites is 1. The second-order valence-corrected chi connectivity index (χ2v) is 4.20. The van der Waals surface area contributed by atoms with Gasteiger partial charge in [-0.25, -0.2) is 0 Å². The Kier molecular flexibility index (Phi) is 3.32. The molecular formula is C13H16N2O2. The van der Waals surface area contributed by atoms with E-state index in [1.807, 2.05) is 18.2 Å². The van der Waals surface area contributed by atoms with Gasteiger partial charge in [-0.1, -0.05) is 37.2 Å². The lowest BCUT2D eigenvalue weighted by Crippen LogP contribution is -1.99. The van der Waals surface area contributed by atoms with Crippen LogP contribution in [-0.2, 0) is 6.61 Å². The van der Waals surface area contributed by atoms with Crippen molar-refractivity contribution in [1.29, 1.82) is 0 Å². The van der Waals surface area contributed by atoms with E-state index in [9.17, 15) is 0 Å². The summed E-state index contributed by atoms with van der Waals surface area (Å²) in [5.74, 6) is 1.61.